The van der Waals surface area contributed by atoms with E-state index in [0.29, 0.717) is 30.1 Å². The highest BCUT2D eigenvalue weighted by Gasteiger charge is 2.34. The first-order valence-corrected chi connectivity index (χ1v) is 9.98. The summed E-state index contributed by atoms with van der Waals surface area (Å²) in [5.74, 6) is 0. The highest BCUT2D eigenvalue weighted by molar-refractivity contribution is 7.89. The van der Waals surface area contributed by atoms with E-state index in [2.05, 4.69) is 5.32 Å². The van der Waals surface area contributed by atoms with E-state index < -0.39 is 10.0 Å². The third-order valence-electron chi connectivity index (χ3n) is 5.09. The molecule has 0 radical (unpaired) electrons. The van der Waals surface area contributed by atoms with Crippen LogP contribution in [0.1, 0.15) is 19.3 Å². The zero-order chi connectivity index (χ0) is 16.6. The zero-order valence-electron chi connectivity index (χ0n) is 13.6. The quantitative estimate of drug-likeness (QED) is 0.933. The van der Waals surface area contributed by atoms with E-state index >= 15 is 0 Å². The van der Waals surface area contributed by atoms with Crippen molar-refractivity contribution in [3.63, 3.8) is 0 Å². The Morgan fingerprint density at radius 2 is 1.50 bits per heavy atom. The molecule has 2 fully saturated rings. The minimum Gasteiger partial charge on any atom is -0.310 e. The van der Waals surface area contributed by atoms with Crippen LogP contribution in [0, 0.1) is 0 Å². The Morgan fingerprint density at radius 3 is 2.25 bits per heavy atom. The molecule has 2 atom stereocenters. The number of nitrogens with zero attached hydrogens (tertiary/aromatic N) is 1. The molecule has 126 valence electrons. The molecule has 1 N–H and O–H groups in total. The van der Waals surface area contributed by atoms with Gasteiger partial charge in [-0.3, -0.25) is 0 Å². The van der Waals surface area contributed by atoms with Gasteiger partial charge in [-0.15, -0.1) is 0 Å². The van der Waals surface area contributed by atoms with Crippen LogP contribution in [0.2, 0.25) is 0 Å². The topological polar surface area (TPSA) is 49.4 Å². The highest BCUT2D eigenvalue weighted by atomic mass is 32.2. The Morgan fingerprint density at radius 1 is 0.833 bits per heavy atom. The fourth-order valence-corrected chi connectivity index (χ4v) is 5.23. The van der Waals surface area contributed by atoms with Gasteiger partial charge in [0.2, 0.25) is 10.0 Å². The van der Waals surface area contributed by atoms with Gasteiger partial charge in [-0.2, -0.15) is 4.31 Å². The van der Waals surface area contributed by atoms with E-state index in [1.165, 1.54) is 6.42 Å². The number of fused-ring (bicyclic) bond motifs is 2. The van der Waals surface area contributed by atoms with Gasteiger partial charge in [0.15, 0.2) is 0 Å². The van der Waals surface area contributed by atoms with E-state index in [1.54, 1.807) is 16.4 Å². The SMILES string of the molecule is O=S(=O)(c1ccc(-c2ccccc2)cc1)N1CCC2CCC(C1)N2. The van der Waals surface area contributed by atoms with E-state index in [4.69, 9.17) is 0 Å². The molecule has 2 aromatic rings. The van der Waals surface area contributed by atoms with Gasteiger partial charge < -0.3 is 5.32 Å². The number of nitrogens with one attached hydrogen (secondary N) is 1. The number of sulfonamides is 1. The summed E-state index contributed by atoms with van der Waals surface area (Å²) in [7, 11) is -3.41. The van der Waals surface area contributed by atoms with Gasteiger partial charge in [0.25, 0.3) is 0 Å². The lowest BCUT2D eigenvalue weighted by molar-refractivity contribution is 0.383. The third kappa shape index (κ3) is 2.99. The third-order valence-corrected chi connectivity index (χ3v) is 6.96. The lowest BCUT2D eigenvalue weighted by Gasteiger charge is -2.23. The Labute approximate surface area is 143 Å². The number of rotatable bonds is 3. The Kier molecular flexibility index (Phi) is 4.16. The van der Waals surface area contributed by atoms with E-state index in [1.807, 2.05) is 42.5 Å². The molecule has 0 spiro atoms. The second-order valence-electron chi connectivity index (χ2n) is 6.68. The number of hydrogen-bond donors (Lipinski definition) is 1. The summed E-state index contributed by atoms with van der Waals surface area (Å²) >= 11 is 0. The van der Waals surface area contributed by atoms with Gasteiger partial charge in [0, 0.05) is 25.2 Å². The molecule has 4 nitrogen and oxygen atoms in total. The molecule has 24 heavy (non-hydrogen) atoms. The minimum atomic E-state index is -3.41. The van der Waals surface area contributed by atoms with Crippen LogP contribution in [0.25, 0.3) is 11.1 Å². The summed E-state index contributed by atoms with van der Waals surface area (Å²) in [6.07, 6.45) is 3.14. The lowest BCUT2D eigenvalue weighted by atomic mass is 10.1. The van der Waals surface area contributed by atoms with Crippen LogP contribution < -0.4 is 5.32 Å². The molecule has 4 rings (SSSR count). The smallest absolute Gasteiger partial charge is 0.243 e. The lowest BCUT2D eigenvalue weighted by Crippen LogP contribution is -2.39. The van der Waals surface area contributed by atoms with Crippen molar-refractivity contribution in [3.05, 3.63) is 54.6 Å². The summed E-state index contributed by atoms with van der Waals surface area (Å²) in [5, 5.41) is 3.53. The van der Waals surface area contributed by atoms with Crippen LogP contribution in [0.15, 0.2) is 59.5 Å². The maximum absolute atomic E-state index is 13.0. The van der Waals surface area contributed by atoms with Crippen LogP contribution in [-0.4, -0.2) is 37.9 Å². The molecule has 0 aromatic heterocycles. The van der Waals surface area contributed by atoms with Gasteiger partial charge >= 0.3 is 0 Å². The van der Waals surface area contributed by atoms with Crippen molar-refractivity contribution in [2.45, 2.75) is 36.2 Å². The average molecular weight is 342 g/mol. The normalized spacial score (nSPS) is 24.7. The molecule has 5 heteroatoms. The van der Waals surface area contributed by atoms with Crippen LogP contribution >= 0.6 is 0 Å². The standard InChI is InChI=1S/C19H22N2O2S/c22-24(23,21-13-12-17-8-9-18(14-21)20-17)19-10-6-16(7-11-19)15-4-2-1-3-5-15/h1-7,10-11,17-18,20H,8-9,12-14H2. The maximum Gasteiger partial charge on any atom is 0.243 e. The van der Waals surface area contributed by atoms with E-state index in [-0.39, 0.29) is 0 Å². The Balaban J connectivity index is 1.58. The molecular formula is C19H22N2O2S. The van der Waals surface area contributed by atoms with Gasteiger partial charge in [0.1, 0.15) is 0 Å². The van der Waals surface area contributed by atoms with E-state index in [9.17, 15) is 8.42 Å². The van der Waals surface area contributed by atoms with Gasteiger partial charge in [-0.25, -0.2) is 8.42 Å². The van der Waals surface area contributed by atoms with Crippen molar-refractivity contribution in [1.29, 1.82) is 0 Å². The van der Waals surface area contributed by atoms with E-state index in [0.717, 1.165) is 24.0 Å². The first-order valence-electron chi connectivity index (χ1n) is 8.54. The Bertz CT molecular complexity index is 803. The molecule has 2 heterocycles. The molecule has 2 bridgehead atoms. The number of hydrogen-bond acceptors (Lipinski definition) is 3. The second kappa shape index (κ2) is 6.31. The van der Waals surface area contributed by atoms with Crippen molar-refractivity contribution in [2.24, 2.45) is 0 Å². The van der Waals surface area contributed by atoms with Crippen LogP contribution in [-0.2, 0) is 10.0 Å². The molecule has 0 saturated carbocycles. The highest BCUT2D eigenvalue weighted by Crippen LogP contribution is 2.26. The predicted octanol–water partition coefficient (Wildman–Crippen LogP) is 2.87. The summed E-state index contributed by atoms with van der Waals surface area (Å²) in [6, 6.07) is 18.0. The van der Waals surface area contributed by atoms with Crippen LogP contribution in [0.3, 0.4) is 0 Å². The van der Waals surface area contributed by atoms with Crippen LogP contribution in [0.4, 0.5) is 0 Å². The minimum absolute atomic E-state index is 0.302. The van der Waals surface area contributed by atoms with Gasteiger partial charge in [-0.05, 0) is 42.5 Å². The summed E-state index contributed by atoms with van der Waals surface area (Å²) in [4.78, 5) is 0.389. The second-order valence-corrected chi connectivity index (χ2v) is 8.62. The summed E-state index contributed by atoms with van der Waals surface area (Å²) in [6.45, 7) is 1.19. The van der Waals surface area contributed by atoms with Gasteiger partial charge in [-0.1, -0.05) is 42.5 Å². The summed E-state index contributed by atoms with van der Waals surface area (Å²) in [5.41, 5.74) is 2.13. The van der Waals surface area contributed by atoms with Gasteiger partial charge in [0.05, 0.1) is 4.90 Å². The van der Waals surface area contributed by atoms with Crippen LogP contribution in [0.5, 0.6) is 0 Å². The summed E-state index contributed by atoms with van der Waals surface area (Å²) < 4.78 is 27.6. The Hall–Kier alpha value is -1.69. The molecule has 2 unspecified atom stereocenters. The van der Waals surface area contributed by atoms with Crippen molar-refractivity contribution in [3.8, 4) is 11.1 Å². The molecule has 2 aromatic carbocycles. The molecule has 2 aliphatic rings. The first-order chi connectivity index (χ1) is 11.6. The fraction of sp³-hybridized carbons (Fsp3) is 0.368. The monoisotopic (exact) mass is 342 g/mol. The average Bonchev–Trinajstić information content (AvgIpc) is 2.94. The molecule has 0 amide bonds. The molecular weight excluding hydrogens is 320 g/mol. The largest absolute Gasteiger partial charge is 0.310 e. The maximum atomic E-state index is 13.0. The first kappa shape index (κ1) is 15.8. The van der Waals surface area contributed by atoms with Crippen molar-refractivity contribution in [2.75, 3.05) is 13.1 Å². The molecule has 2 saturated heterocycles. The number of benzene rings is 2. The zero-order valence-corrected chi connectivity index (χ0v) is 14.4. The van der Waals surface area contributed by atoms with Crippen molar-refractivity contribution >= 4 is 10.0 Å². The predicted molar refractivity (Wildman–Crippen MR) is 95.2 cm³/mol. The molecule has 0 aliphatic carbocycles. The molecule has 2 aliphatic heterocycles. The van der Waals surface area contributed by atoms with Crippen molar-refractivity contribution < 1.29 is 8.42 Å². The van der Waals surface area contributed by atoms with Crippen molar-refractivity contribution in [1.82, 2.24) is 9.62 Å². The fourth-order valence-electron chi connectivity index (χ4n) is 3.73.